The molecule has 19 heavy (non-hydrogen) atoms. The number of nitrogens with zero attached hydrogens (tertiary/aromatic N) is 1. The van der Waals surface area contributed by atoms with Crippen LogP contribution in [0.5, 0.6) is 5.75 Å². The maximum absolute atomic E-state index is 6.12. The third kappa shape index (κ3) is 6.26. The van der Waals surface area contributed by atoms with E-state index in [9.17, 15) is 0 Å². The van der Waals surface area contributed by atoms with Crippen molar-refractivity contribution in [3.63, 3.8) is 0 Å². The molecule has 1 aromatic heterocycles. The van der Waals surface area contributed by atoms with E-state index in [-0.39, 0.29) is 6.10 Å². The first-order valence-corrected chi connectivity index (χ1v) is 7.41. The van der Waals surface area contributed by atoms with E-state index in [1.165, 1.54) is 0 Å². The molecule has 0 amide bonds. The number of aromatic nitrogens is 1. The van der Waals surface area contributed by atoms with Crippen molar-refractivity contribution in [2.24, 2.45) is 5.92 Å². The zero-order chi connectivity index (χ0) is 14.3. The molecule has 0 aliphatic rings. The normalized spacial score (nSPS) is 12.7. The monoisotopic (exact) mass is 284 g/mol. The molecule has 4 heteroatoms. The van der Waals surface area contributed by atoms with Crippen molar-refractivity contribution in [2.75, 3.05) is 13.1 Å². The van der Waals surface area contributed by atoms with Gasteiger partial charge in [0, 0.05) is 5.69 Å². The number of hydrogen-bond acceptors (Lipinski definition) is 3. The number of aryl methyl sites for hydroxylation is 1. The Kier molecular flexibility index (Phi) is 7.17. The van der Waals surface area contributed by atoms with Gasteiger partial charge in [-0.3, -0.25) is 0 Å². The molecule has 0 aliphatic heterocycles. The van der Waals surface area contributed by atoms with Crippen LogP contribution in [0.25, 0.3) is 0 Å². The zero-order valence-corrected chi connectivity index (χ0v) is 13.1. The molecule has 1 aromatic rings. The van der Waals surface area contributed by atoms with Gasteiger partial charge < -0.3 is 10.1 Å². The number of ether oxygens (including phenoxy) is 1. The Balaban J connectivity index is 2.64. The van der Waals surface area contributed by atoms with E-state index in [1.54, 1.807) is 0 Å². The fraction of sp³-hybridized carbons (Fsp3) is 0.667. The summed E-state index contributed by atoms with van der Waals surface area (Å²) in [5.41, 5.74) is 0.908. The van der Waals surface area contributed by atoms with E-state index >= 15 is 0 Å². The van der Waals surface area contributed by atoms with E-state index in [4.69, 9.17) is 16.3 Å². The van der Waals surface area contributed by atoms with Crippen molar-refractivity contribution in [3.05, 3.63) is 23.0 Å². The first-order valence-electron chi connectivity index (χ1n) is 7.03. The summed E-state index contributed by atoms with van der Waals surface area (Å²) in [6, 6.07) is 3.84. The van der Waals surface area contributed by atoms with Crippen molar-refractivity contribution < 1.29 is 4.74 Å². The summed E-state index contributed by atoms with van der Waals surface area (Å²) >= 11 is 6.12. The number of rotatable bonds is 8. The van der Waals surface area contributed by atoms with E-state index in [1.807, 2.05) is 19.1 Å². The summed E-state index contributed by atoms with van der Waals surface area (Å²) in [5.74, 6) is 1.29. The van der Waals surface area contributed by atoms with E-state index in [0.29, 0.717) is 16.8 Å². The number of halogens is 1. The minimum absolute atomic E-state index is 0.182. The van der Waals surface area contributed by atoms with Gasteiger partial charge in [-0.25, -0.2) is 4.98 Å². The van der Waals surface area contributed by atoms with E-state index in [0.717, 1.165) is 31.6 Å². The van der Waals surface area contributed by atoms with Crippen LogP contribution in [0, 0.1) is 12.8 Å². The van der Waals surface area contributed by atoms with Crippen LogP contribution in [0.1, 0.15) is 39.3 Å². The molecule has 1 rings (SSSR count). The molecule has 0 saturated heterocycles. The predicted octanol–water partition coefficient (Wildman–Crippen LogP) is 3.84. The maximum atomic E-state index is 6.12. The highest BCUT2D eigenvalue weighted by atomic mass is 35.5. The second-order valence-corrected chi connectivity index (χ2v) is 5.61. The van der Waals surface area contributed by atoms with Crippen LogP contribution >= 0.6 is 11.6 Å². The van der Waals surface area contributed by atoms with Crippen molar-refractivity contribution >= 4 is 11.6 Å². The summed E-state index contributed by atoms with van der Waals surface area (Å²) in [4.78, 5) is 4.23. The minimum atomic E-state index is 0.182. The first kappa shape index (κ1) is 16.3. The highest BCUT2D eigenvalue weighted by molar-refractivity contribution is 6.30. The van der Waals surface area contributed by atoms with Crippen LogP contribution < -0.4 is 10.1 Å². The summed E-state index contributed by atoms with van der Waals surface area (Å²) in [7, 11) is 0. The van der Waals surface area contributed by atoms with Gasteiger partial charge in [-0.2, -0.15) is 0 Å². The average molecular weight is 285 g/mol. The van der Waals surface area contributed by atoms with Crippen molar-refractivity contribution in [1.29, 1.82) is 0 Å². The van der Waals surface area contributed by atoms with Gasteiger partial charge in [0.1, 0.15) is 6.10 Å². The van der Waals surface area contributed by atoms with Gasteiger partial charge in [-0.15, -0.1) is 0 Å². The Bertz CT molecular complexity index is 382. The van der Waals surface area contributed by atoms with Crippen LogP contribution in [0.2, 0.25) is 5.15 Å². The topological polar surface area (TPSA) is 34.1 Å². The summed E-state index contributed by atoms with van der Waals surface area (Å²) in [6.45, 7) is 10.4. The second kappa shape index (κ2) is 8.39. The molecule has 0 spiro atoms. The van der Waals surface area contributed by atoms with Gasteiger partial charge >= 0.3 is 0 Å². The molecule has 0 radical (unpaired) electrons. The van der Waals surface area contributed by atoms with Gasteiger partial charge in [0.05, 0.1) is 0 Å². The number of pyridine rings is 1. The molecule has 1 heterocycles. The van der Waals surface area contributed by atoms with Crippen LogP contribution in [0.4, 0.5) is 0 Å². The zero-order valence-electron chi connectivity index (χ0n) is 12.4. The van der Waals surface area contributed by atoms with Gasteiger partial charge in [0.2, 0.25) is 0 Å². The molecular weight excluding hydrogens is 260 g/mol. The molecule has 0 bridgehead atoms. The third-order valence-electron chi connectivity index (χ3n) is 2.87. The summed E-state index contributed by atoms with van der Waals surface area (Å²) in [5, 5.41) is 3.79. The summed E-state index contributed by atoms with van der Waals surface area (Å²) in [6.07, 6.45) is 2.19. The third-order valence-corrected chi connectivity index (χ3v) is 3.15. The lowest BCUT2D eigenvalue weighted by Crippen LogP contribution is -2.26. The van der Waals surface area contributed by atoms with Crippen LogP contribution in [0.15, 0.2) is 12.1 Å². The molecule has 1 unspecified atom stereocenters. The summed E-state index contributed by atoms with van der Waals surface area (Å²) < 4.78 is 6.02. The SMILES string of the molecule is CCNCCC(CC(C)C)Oc1ccc(C)nc1Cl. The Labute approximate surface area is 121 Å². The molecule has 3 nitrogen and oxygen atoms in total. The lowest BCUT2D eigenvalue weighted by Gasteiger charge is -2.21. The molecule has 0 saturated carbocycles. The molecular formula is C15H25ClN2O. The highest BCUT2D eigenvalue weighted by Crippen LogP contribution is 2.25. The van der Waals surface area contributed by atoms with E-state index in [2.05, 4.69) is 31.1 Å². The van der Waals surface area contributed by atoms with Gasteiger partial charge in [-0.1, -0.05) is 32.4 Å². The Hall–Kier alpha value is -0.800. The number of hydrogen-bond donors (Lipinski definition) is 1. The molecule has 108 valence electrons. The Morgan fingerprint density at radius 2 is 2.11 bits per heavy atom. The lowest BCUT2D eigenvalue weighted by molar-refractivity contribution is 0.164. The van der Waals surface area contributed by atoms with Crippen LogP contribution in [-0.2, 0) is 0 Å². The second-order valence-electron chi connectivity index (χ2n) is 5.25. The maximum Gasteiger partial charge on any atom is 0.171 e. The minimum Gasteiger partial charge on any atom is -0.487 e. The average Bonchev–Trinajstić information content (AvgIpc) is 2.32. The van der Waals surface area contributed by atoms with Crippen molar-refractivity contribution in [2.45, 2.75) is 46.6 Å². The molecule has 0 fully saturated rings. The number of nitrogens with one attached hydrogen (secondary N) is 1. The largest absolute Gasteiger partial charge is 0.487 e. The van der Waals surface area contributed by atoms with Crippen LogP contribution in [-0.4, -0.2) is 24.2 Å². The quantitative estimate of drug-likeness (QED) is 0.582. The van der Waals surface area contributed by atoms with Gasteiger partial charge in [-0.05, 0) is 50.9 Å². The Morgan fingerprint density at radius 1 is 1.37 bits per heavy atom. The molecule has 0 aliphatic carbocycles. The Morgan fingerprint density at radius 3 is 2.68 bits per heavy atom. The molecule has 1 atom stereocenters. The van der Waals surface area contributed by atoms with Gasteiger partial charge in [0.15, 0.2) is 10.9 Å². The first-order chi connectivity index (χ1) is 9.02. The van der Waals surface area contributed by atoms with Crippen molar-refractivity contribution in [1.82, 2.24) is 10.3 Å². The molecule has 1 N–H and O–H groups in total. The predicted molar refractivity (Wildman–Crippen MR) is 81.0 cm³/mol. The fourth-order valence-electron chi connectivity index (χ4n) is 1.97. The molecule has 0 aromatic carbocycles. The highest BCUT2D eigenvalue weighted by Gasteiger charge is 2.14. The lowest BCUT2D eigenvalue weighted by atomic mass is 10.0. The van der Waals surface area contributed by atoms with E-state index < -0.39 is 0 Å². The smallest absolute Gasteiger partial charge is 0.171 e. The fourth-order valence-corrected chi connectivity index (χ4v) is 2.21. The van der Waals surface area contributed by atoms with Crippen molar-refractivity contribution in [3.8, 4) is 5.75 Å². The standard InChI is InChI=1S/C15H25ClN2O/c1-5-17-9-8-13(10-11(2)3)19-14-7-6-12(4)18-15(14)16/h6-7,11,13,17H,5,8-10H2,1-4H3. The van der Waals surface area contributed by atoms with Gasteiger partial charge in [0.25, 0.3) is 0 Å². The van der Waals surface area contributed by atoms with Crippen LogP contribution in [0.3, 0.4) is 0 Å².